The van der Waals surface area contributed by atoms with Gasteiger partial charge in [-0.25, -0.2) is 14.4 Å². The molecular formula is C19H14ClFN2OS3. The number of aromatic nitrogens is 2. The van der Waals surface area contributed by atoms with E-state index in [0.29, 0.717) is 11.4 Å². The summed E-state index contributed by atoms with van der Waals surface area (Å²) in [5.74, 6) is 1.24. The quantitative estimate of drug-likeness (QED) is 0.326. The van der Waals surface area contributed by atoms with Crippen molar-refractivity contribution in [1.29, 1.82) is 0 Å². The van der Waals surface area contributed by atoms with E-state index in [1.807, 2.05) is 18.2 Å². The van der Waals surface area contributed by atoms with Crippen molar-refractivity contribution in [3.63, 3.8) is 0 Å². The molecule has 4 aromatic rings. The fourth-order valence-electron chi connectivity index (χ4n) is 2.53. The average Bonchev–Trinajstić information content (AvgIpc) is 3.27. The van der Waals surface area contributed by atoms with Crippen LogP contribution in [-0.4, -0.2) is 17.1 Å². The average molecular weight is 437 g/mol. The van der Waals surface area contributed by atoms with Crippen LogP contribution >= 0.6 is 46.0 Å². The van der Waals surface area contributed by atoms with Crippen molar-refractivity contribution < 1.29 is 9.13 Å². The second kappa shape index (κ2) is 8.14. The normalized spacial score (nSPS) is 11.2. The summed E-state index contributed by atoms with van der Waals surface area (Å²) in [5, 5.41) is 3.45. The standard InChI is InChI=1S/C19H14ClFN2OS3/c1-24-14-4-5-17-16(8-14)23-19(27-17)26-10-13-9-25-18(22-13)6-11-2-3-12(21)7-15(11)20/h2-5,7-9H,6,10H2,1H3. The van der Waals surface area contributed by atoms with Gasteiger partial charge in [0.1, 0.15) is 11.6 Å². The molecule has 0 aliphatic heterocycles. The topological polar surface area (TPSA) is 35.0 Å². The summed E-state index contributed by atoms with van der Waals surface area (Å²) in [4.78, 5) is 9.32. The molecule has 138 valence electrons. The third-order valence-electron chi connectivity index (χ3n) is 3.87. The molecule has 2 aromatic carbocycles. The SMILES string of the molecule is COc1ccc2sc(SCc3csc(Cc4ccc(F)cc4Cl)n3)nc2c1. The smallest absolute Gasteiger partial charge is 0.151 e. The highest BCUT2D eigenvalue weighted by Crippen LogP contribution is 2.33. The van der Waals surface area contributed by atoms with Gasteiger partial charge in [0.15, 0.2) is 4.34 Å². The number of rotatable bonds is 6. The molecule has 8 heteroatoms. The molecule has 0 amide bonds. The molecule has 0 spiro atoms. The Bertz CT molecular complexity index is 1100. The number of thioether (sulfide) groups is 1. The van der Waals surface area contributed by atoms with E-state index in [2.05, 4.69) is 15.3 Å². The summed E-state index contributed by atoms with van der Waals surface area (Å²) < 4.78 is 20.6. The maximum Gasteiger partial charge on any atom is 0.151 e. The van der Waals surface area contributed by atoms with Crippen LogP contribution in [0.3, 0.4) is 0 Å². The summed E-state index contributed by atoms with van der Waals surface area (Å²) in [6.45, 7) is 0. The number of methoxy groups -OCH3 is 1. The van der Waals surface area contributed by atoms with Gasteiger partial charge in [-0.2, -0.15) is 0 Å². The van der Waals surface area contributed by atoms with E-state index in [-0.39, 0.29) is 5.82 Å². The van der Waals surface area contributed by atoms with E-state index in [1.165, 1.54) is 12.1 Å². The van der Waals surface area contributed by atoms with Crippen LogP contribution in [0.15, 0.2) is 46.1 Å². The minimum atomic E-state index is -0.326. The van der Waals surface area contributed by atoms with Gasteiger partial charge in [0, 0.05) is 28.6 Å². The zero-order chi connectivity index (χ0) is 18.8. The number of hydrogen-bond donors (Lipinski definition) is 0. The molecule has 0 bridgehead atoms. The lowest BCUT2D eigenvalue weighted by molar-refractivity contribution is 0.415. The minimum absolute atomic E-state index is 0.326. The van der Waals surface area contributed by atoms with Gasteiger partial charge in [-0.1, -0.05) is 29.4 Å². The summed E-state index contributed by atoms with van der Waals surface area (Å²) in [5.41, 5.74) is 2.84. The monoisotopic (exact) mass is 436 g/mol. The molecule has 0 saturated carbocycles. The summed E-state index contributed by atoms with van der Waals surface area (Å²) in [6.07, 6.45) is 0.607. The van der Waals surface area contributed by atoms with Crippen LogP contribution < -0.4 is 4.74 Å². The first-order valence-corrected chi connectivity index (χ1v) is 11.1. The molecule has 2 aromatic heterocycles. The summed E-state index contributed by atoms with van der Waals surface area (Å²) >= 11 is 11.0. The molecule has 0 unspecified atom stereocenters. The lowest BCUT2D eigenvalue weighted by Crippen LogP contribution is -1.90. The third kappa shape index (κ3) is 4.43. The molecule has 2 heterocycles. The van der Waals surface area contributed by atoms with Gasteiger partial charge in [-0.15, -0.1) is 22.7 Å². The van der Waals surface area contributed by atoms with Crippen LogP contribution in [0, 0.1) is 5.82 Å². The molecular weight excluding hydrogens is 423 g/mol. The number of nitrogens with zero attached hydrogens (tertiary/aromatic N) is 2. The second-order valence-corrected chi connectivity index (χ2v) is 9.35. The highest BCUT2D eigenvalue weighted by molar-refractivity contribution is 8.00. The first-order chi connectivity index (χ1) is 13.1. The van der Waals surface area contributed by atoms with Crippen molar-refractivity contribution in [3.8, 4) is 5.75 Å². The van der Waals surface area contributed by atoms with Gasteiger partial charge in [-0.05, 0) is 29.8 Å². The van der Waals surface area contributed by atoms with E-state index in [1.54, 1.807) is 47.6 Å². The highest BCUT2D eigenvalue weighted by Gasteiger charge is 2.10. The van der Waals surface area contributed by atoms with Crippen LogP contribution in [0.4, 0.5) is 4.39 Å². The number of ether oxygens (including phenoxy) is 1. The highest BCUT2D eigenvalue weighted by atomic mass is 35.5. The molecule has 0 radical (unpaired) electrons. The fourth-order valence-corrected chi connectivity index (χ4v) is 5.63. The summed E-state index contributed by atoms with van der Waals surface area (Å²) in [7, 11) is 1.65. The Hall–Kier alpha value is -1.67. The zero-order valence-corrected chi connectivity index (χ0v) is 17.4. The van der Waals surface area contributed by atoms with E-state index < -0.39 is 0 Å². The third-order valence-corrected chi connectivity index (χ3v) is 7.34. The lowest BCUT2D eigenvalue weighted by atomic mass is 10.1. The van der Waals surface area contributed by atoms with E-state index in [0.717, 1.165) is 42.3 Å². The zero-order valence-electron chi connectivity index (χ0n) is 14.2. The van der Waals surface area contributed by atoms with Crippen LogP contribution in [0.1, 0.15) is 16.3 Å². The second-order valence-electron chi connectivity index (χ2n) is 5.75. The Labute approximate surface area is 173 Å². The lowest BCUT2D eigenvalue weighted by Gasteiger charge is -2.01. The van der Waals surface area contributed by atoms with Crippen LogP contribution in [-0.2, 0) is 12.2 Å². The number of thiazole rings is 2. The molecule has 0 aliphatic rings. The molecule has 0 saturated heterocycles. The molecule has 4 rings (SSSR count). The van der Waals surface area contributed by atoms with Gasteiger partial charge in [0.2, 0.25) is 0 Å². The first kappa shape index (κ1) is 18.7. The molecule has 0 aliphatic carbocycles. The Balaban J connectivity index is 1.42. The van der Waals surface area contributed by atoms with E-state index >= 15 is 0 Å². The predicted octanol–water partition coefficient (Wildman–Crippen LogP) is 6.44. The maximum absolute atomic E-state index is 13.2. The number of hydrogen-bond acceptors (Lipinski definition) is 6. The molecule has 0 N–H and O–H groups in total. The Morgan fingerprint density at radius 2 is 2.07 bits per heavy atom. The maximum atomic E-state index is 13.2. The van der Waals surface area contributed by atoms with Crippen LogP contribution in [0.25, 0.3) is 10.2 Å². The van der Waals surface area contributed by atoms with Crippen molar-refractivity contribution >= 4 is 56.3 Å². The Morgan fingerprint density at radius 1 is 1.19 bits per heavy atom. The van der Waals surface area contributed by atoms with Gasteiger partial charge in [0.05, 0.1) is 28.0 Å². The molecule has 0 atom stereocenters. The fraction of sp³-hybridized carbons (Fsp3) is 0.158. The van der Waals surface area contributed by atoms with Gasteiger partial charge < -0.3 is 4.74 Å². The van der Waals surface area contributed by atoms with Gasteiger partial charge >= 0.3 is 0 Å². The predicted molar refractivity (Wildman–Crippen MR) is 112 cm³/mol. The van der Waals surface area contributed by atoms with Crippen LogP contribution in [0.2, 0.25) is 5.02 Å². The Kier molecular flexibility index (Phi) is 5.63. The minimum Gasteiger partial charge on any atom is -0.497 e. The van der Waals surface area contributed by atoms with Crippen molar-refractivity contribution in [2.45, 2.75) is 16.5 Å². The van der Waals surface area contributed by atoms with Crippen molar-refractivity contribution in [2.24, 2.45) is 0 Å². The van der Waals surface area contributed by atoms with Gasteiger partial charge in [0.25, 0.3) is 0 Å². The number of benzene rings is 2. The molecule has 0 fully saturated rings. The molecule has 3 nitrogen and oxygen atoms in total. The Morgan fingerprint density at radius 3 is 2.89 bits per heavy atom. The van der Waals surface area contributed by atoms with Crippen molar-refractivity contribution in [1.82, 2.24) is 9.97 Å². The van der Waals surface area contributed by atoms with Crippen LogP contribution in [0.5, 0.6) is 5.75 Å². The first-order valence-electron chi connectivity index (χ1n) is 8.05. The van der Waals surface area contributed by atoms with Crippen molar-refractivity contribution in [2.75, 3.05) is 7.11 Å². The van der Waals surface area contributed by atoms with Gasteiger partial charge in [-0.3, -0.25) is 0 Å². The van der Waals surface area contributed by atoms with Crippen molar-refractivity contribution in [3.05, 3.63) is 68.9 Å². The molecule has 27 heavy (non-hydrogen) atoms. The van der Waals surface area contributed by atoms with E-state index in [9.17, 15) is 4.39 Å². The largest absolute Gasteiger partial charge is 0.497 e. The summed E-state index contributed by atoms with van der Waals surface area (Å²) in [6, 6.07) is 10.4. The van der Waals surface area contributed by atoms with E-state index in [4.69, 9.17) is 16.3 Å². The number of fused-ring (bicyclic) bond motifs is 1. The number of halogens is 2.